The van der Waals surface area contributed by atoms with Gasteiger partial charge < -0.3 is 10.6 Å². The molecule has 1 saturated heterocycles. The minimum atomic E-state index is 0.780. The first kappa shape index (κ1) is 12.4. The average molecular weight is 348 g/mol. The van der Waals surface area contributed by atoms with Crippen LogP contribution in [-0.2, 0) is 0 Å². The molecule has 2 rings (SSSR count). The summed E-state index contributed by atoms with van der Waals surface area (Å²) >= 11 is 4.48. The predicted molar refractivity (Wildman–Crippen MR) is 82.3 cm³/mol. The molecule has 0 amide bonds. The van der Waals surface area contributed by atoms with Crippen LogP contribution in [0.5, 0.6) is 0 Å². The number of thioether (sulfide) groups is 1. The number of nitrogen functional groups attached to an aromatic ring is 1. The fraction of sp³-hybridized carbons (Fsp3) is 0.500. The number of hydrogen-bond acceptors (Lipinski definition) is 3. The molecule has 0 bridgehead atoms. The van der Waals surface area contributed by atoms with Gasteiger partial charge in [0.1, 0.15) is 0 Å². The van der Waals surface area contributed by atoms with Crippen molar-refractivity contribution in [3.05, 3.63) is 21.8 Å². The third kappa shape index (κ3) is 2.77. The molecular weight excluding hydrogens is 331 g/mol. The molecule has 1 aliphatic rings. The highest BCUT2D eigenvalue weighted by atomic mass is 127. The van der Waals surface area contributed by atoms with E-state index in [0.29, 0.717) is 0 Å². The van der Waals surface area contributed by atoms with E-state index in [0.717, 1.165) is 17.5 Å². The van der Waals surface area contributed by atoms with Gasteiger partial charge in [0.2, 0.25) is 0 Å². The Hall–Kier alpha value is -0.100. The minimum absolute atomic E-state index is 0.780. The minimum Gasteiger partial charge on any atom is -0.399 e. The topological polar surface area (TPSA) is 29.3 Å². The second-order valence-electron chi connectivity index (χ2n) is 4.06. The van der Waals surface area contributed by atoms with Crippen molar-refractivity contribution in [3.63, 3.8) is 0 Å². The number of benzene rings is 1. The number of nitrogens with two attached hydrogens (primary N) is 1. The molecular formula is C12H17IN2S. The zero-order valence-corrected chi connectivity index (χ0v) is 12.4. The summed E-state index contributed by atoms with van der Waals surface area (Å²) in [6.07, 6.45) is 1.26. The quantitative estimate of drug-likeness (QED) is 0.657. The third-order valence-corrected chi connectivity index (χ3v) is 5.14. The van der Waals surface area contributed by atoms with Crippen molar-refractivity contribution in [3.8, 4) is 0 Å². The van der Waals surface area contributed by atoms with Gasteiger partial charge in [-0.3, -0.25) is 0 Å². The first-order valence-electron chi connectivity index (χ1n) is 5.62. The van der Waals surface area contributed by atoms with Gasteiger partial charge in [-0.2, -0.15) is 11.8 Å². The Kier molecular flexibility index (Phi) is 4.24. The van der Waals surface area contributed by atoms with Crippen molar-refractivity contribution in [2.24, 2.45) is 0 Å². The van der Waals surface area contributed by atoms with Crippen LogP contribution in [0, 0.1) is 3.57 Å². The van der Waals surface area contributed by atoms with Gasteiger partial charge >= 0.3 is 0 Å². The second-order valence-corrected chi connectivity index (χ2v) is 6.63. The molecule has 1 aromatic carbocycles. The standard InChI is InChI=1S/C12H17IN2S/c1-2-10-8-15(5-6-16-10)12-4-3-9(14)7-11(12)13/h3-4,7,10H,2,5-6,8,14H2,1H3. The molecule has 2 nitrogen and oxygen atoms in total. The van der Waals surface area contributed by atoms with Crippen LogP contribution in [-0.4, -0.2) is 24.1 Å². The summed E-state index contributed by atoms with van der Waals surface area (Å²) in [5, 5.41) is 0.780. The van der Waals surface area contributed by atoms with Crippen molar-refractivity contribution in [2.45, 2.75) is 18.6 Å². The molecule has 1 aromatic rings. The Labute approximate surface area is 115 Å². The van der Waals surface area contributed by atoms with Crippen molar-refractivity contribution >= 4 is 45.7 Å². The first-order valence-corrected chi connectivity index (χ1v) is 7.75. The van der Waals surface area contributed by atoms with Crippen LogP contribution in [0.3, 0.4) is 0 Å². The molecule has 1 atom stereocenters. The van der Waals surface area contributed by atoms with E-state index < -0.39 is 0 Å². The molecule has 0 saturated carbocycles. The summed E-state index contributed by atoms with van der Waals surface area (Å²) in [6, 6.07) is 6.21. The average Bonchev–Trinajstić information content (AvgIpc) is 2.29. The smallest absolute Gasteiger partial charge is 0.0504 e. The van der Waals surface area contributed by atoms with Gasteiger partial charge in [0, 0.05) is 33.3 Å². The zero-order chi connectivity index (χ0) is 11.5. The van der Waals surface area contributed by atoms with Crippen LogP contribution < -0.4 is 10.6 Å². The molecule has 0 radical (unpaired) electrons. The Balaban J connectivity index is 2.16. The van der Waals surface area contributed by atoms with E-state index in [1.165, 1.54) is 28.0 Å². The number of rotatable bonds is 2. The zero-order valence-electron chi connectivity index (χ0n) is 9.45. The molecule has 0 aliphatic carbocycles. The largest absolute Gasteiger partial charge is 0.399 e. The van der Waals surface area contributed by atoms with Gasteiger partial charge in [-0.25, -0.2) is 0 Å². The van der Waals surface area contributed by atoms with Gasteiger partial charge in [0.25, 0.3) is 0 Å². The van der Waals surface area contributed by atoms with Crippen molar-refractivity contribution in [1.82, 2.24) is 0 Å². The highest BCUT2D eigenvalue weighted by Crippen LogP contribution is 2.30. The maximum absolute atomic E-state index is 5.78. The van der Waals surface area contributed by atoms with Crippen LogP contribution in [0.4, 0.5) is 11.4 Å². The summed E-state index contributed by atoms with van der Waals surface area (Å²) in [5.74, 6) is 1.24. The van der Waals surface area contributed by atoms with Gasteiger partial charge in [0.05, 0.1) is 5.69 Å². The molecule has 1 heterocycles. The van der Waals surface area contributed by atoms with E-state index in [2.05, 4.69) is 58.3 Å². The normalized spacial score (nSPS) is 21.1. The Morgan fingerprint density at radius 3 is 3.06 bits per heavy atom. The summed E-state index contributed by atoms with van der Waals surface area (Å²) in [6.45, 7) is 4.59. The lowest BCUT2D eigenvalue weighted by Gasteiger charge is -2.34. The van der Waals surface area contributed by atoms with Crippen molar-refractivity contribution < 1.29 is 0 Å². The summed E-state index contributed by atoms with van der Waals surface area (Å²) in [4.78, 5) is 2.49. The predicted octanol–water partition coefficient (Wildman–Crippen LogP) is 3.21. The van der Waals surface area contributed by atoms with E-state index in [1.807, 2.05) is 6.07 Å². The molecule has 4 heteroatoms. The van der Waals surface area contributed by atoms with Crippen molar-refractivity contribution in [1.29, 1.82) is 0 Å². The van der Waals surface area contributed by atoms with E-state index in [1.54, 1.807) is 0 Å². The van der Waals surface area contributed by atoms with Crippen LogP contribution in [0.15, 0.2) is 18.2 Å². The lowest BCUT2D eigenvalue weighted by atomic mass is 10.2. The fourth-order valence-electron chi connectivity index (χ4n) is 1.96. The van der Waals surface area contributed by atoms with Crippen LogP contribution in [0.2, 0.25) is 0 Å². The second kappa shape index (κ2) is 5.49. The molecule has 0 spiro atoms. The third-order valence-electron chi connectivity index (χ3n) is 2.91. The van der Waals surface area contributed by atoms with Crippen LogP contribution in [0.25, 0.3) is 0 Å². The van der Waals surface area contributed by atoms with E-state index in [9.17, 15) is 0 Å². The molecule has 1 unspecified atom stereocenters. The van der Waals surface area contributed by atoms with Gasteiger partial charge in [-0.15, -0.1) is 0 Å². The molecule has 1 aliphatic heterocycles. The Bertz CT molecular complexity index is 370. The maximum Gasteiger partial charge on any atom is 0.0504 e. The maximum atomic E-state index is 5.78. The number of anilines is 2. The fourth-order valence-corrected chi connectivity index (χ4v) is 4.03. The van der Waals surface area contributed by atoms with E-state index in [4.69, 9.17) is 5.73 Å². The number of hydrogen-bond donors (Lipinski definition) is 1. The number of nitrogens with zero attached hydrogens (tertiary/aromatic N) is 1. The molecule has 16 heavy (non-hydrogen) atoms. The van der Waals surface area contributed by atoms with E-state index in [-0.39, 0.29) is 0 Å². The lowest BCUT2D eigenvalue weighted by molar-refractivity contribution is 0.727. The SMILES string of the molecule is CCC1CN(c2ccc(N)cc2I)CCS1. The van der Waals surface area contributed by atoms with Crippen molar-refractivity contribution in [2.75, 3.05) is 29.5 Å². The Morgan fingerprint density at radius 2 is 2.38 bits per heavy atom. The number of halogens is 1. The van der Waals surface area contributed by atoms with Crippen LogP contribution in [0.1, 0.15) is 13.3 Å². The monoisotopic (exact) mass is 348 g/mol. The highest BCUT2D eigenvalue weighted by molar-refractivity contribution is 14.1. The molecule has 0 aromatic heterocycles. The summed E-state index contributed by atoms with van der Waals surface area (Å²) in [7, 11) is 0. The molecule has 2 N–H and O–H groups in total. The molecule has 88 valence electrons. The first-order chi connectivity index (χ1) is 7.70. The molecule has 1 fully saturated rings. The summed E-state index contributed by atoms with van der Waals surface area (Å²) < 4.78 is 1.26. The highest BCUT2D eigenvalue weighted by Gasteiger charge is 2.20. The lowest BCUT2D eigenvalue weighted by Crippen LogP contribution is -2.38. The van der Waals surface area contributed by atoms with Crippen LogP contribution >= 0.6 is 34.4 Å². The summed E-state index contributed by atoms with van der Waals surface area (Å²) in [5.41, 5.74) is 7.98. The van der Waals surface area contributed by atoms with E-state index >= 15 is 0 Å². The van der Waals surface area contributed by atoms with Gasteiger partial charge in [-0.05, 0) is 47.2 Å². The Morgan fingerprint density at radius 1 is 1.56 bits per heavy atom. The van der Waals surface area contributed by atoms with Gasteiger partial charge in [0.15, 0.2) is 0 Å². The van der Waals surface area contributed by atoms with Gasteiger partial charge in [-0.1, -0.05) is 6.92 Å².